The van der Waals surface area contributed by atoms with Crippen LogP contribution in [0.3, 0.4) is 0 Å². The Morgan fingerprint density at radius 1 is 1.41 bits per heavy atom. The van der Waals surface area contributed by atoms with E-state index >= 15 is 0 Å². The molecule has 8 nitrogen and oxygen atoms in total. The average molecular weight is 242 g/mol. The normalized spacial score (nSPS) is 11.2. The van der Waals surface area contributed by atoms with Gasteiger partial charge in [0.15, 0.2) is 0 Å². The van der Waals surface area contributed by atoms with Gasteiger partial charge in [0.1, 0.15) is 5.54 Å². The van der Waals surface area contributed by atoms with Gasteiger partial charge in [0.2, 0.25) is 11.8 Å². The van der Waals surface area contributed by atoms with Gasteiger partial charge < -0.3 is 9.52 Å². The lowest BCUT2D eigenvalue weighted by Crippen LogP contribution is -2.49. The molecule has 94 valence electrons. The van der Waals surface area contributed by atoms with Gasteiger partial charge in [0, 0.05) is 6.92 Å². The number of aliphatic carboxylic acids is 1. The van der Waals surface area contributed by atoms with E-state index in [0.717, 1.165) is 0 Å². The predicted octanol–water partition coefficient (Wildman–Crippen LogP) is -0.231. The van der Waals surface area contributed by atoms with E-state index in [1.54, 1.807) is 6.92 Å². The molecule has 0 unspecified atom stereocenters. The lowest BCUT2D eigenvalue weighted by Gasteiger charge is -2.20. The minimum Gasteiger partial charge on any atom is -0.480 e. The van der Waals surface area contributed by atoms with Crippen LogP contribution in [-0.2, 0) is 9.59 Å². The van der Waals surface area contributed by atoms with E-state index in [2.05, 4.69) is 20.8 Å². The molecule has 0 aliphatic rings. The van der Waals surface area contributed by atoms with Crippen molar-refractivity contribution < 1.29 is 19.1 Å². The lowest BCUT2D eigenvalue weighted by molar-refractivity contribution is -0.143. The smallest absolute Gasteiger partial charge is 0.323 e. The maximum absolute atomic E-state index is 11.4. The predicted molar refractivity (Wildman–Crippen MR) is 57.4 cm³/mol. The first-order chi connectivity index (χ1) is 7.81. The van der Waals surface area contributed by atoms with Crippen molar-refractivity contribution in [2.75, 3.05) is 11.9 Å². The van der Waals surface area contributed by atoms with Crippen molar-refractivity contribution in [3.63, 3.8) is 0 Å². The second kappa shape index (κ2) is 4.91. The fourth-order valence-corrected chi connectivity index (χ4v) is 0.887. The molecule has 0 atom stereocenters. The highest BCUT2D eigenvalue weighted by Crippen LogP contribution is 2.04. The summed E-state index contributed by atoms with van der Waals surface area (Å²) in [6.07, 6.45) is 0. The maximum Gasteiger partial charge on any atom is 0.323 e. The van der Waals surface area contributed by atoms with Gasteiger partial charge in [-0.2, -0.15) is 0 Å². The average Bonchev–Trinajstić information content (AvgIpc) is 2.61. The van der Waals surface area contributed by atoms with Crippen molar-refractivity contribution in [1.29, 1.82) is 0 Å². The molecule has 0 aromatic carbocycles. The summed E-state index contributed by atoms with van der Waals surface area (Å²) in [5.41, 5.74) is -1.18. The van der Waals surface area contributed by atoms with Gasteiger partial charge in [-0.25, -0.2) is 0 Å². The number of anilines is 1. The summed E-state index contributed by atoms with van der Waals surface area (Å²) in [6.45, 7) is 4.34. The van der Waals surface area contributed by atoms with Gasteiger partial charge in [-0.15, -0.1) is 5.10 Å². The summed E-state index contributed by atoms with van der Waals surface area (Å²) in [4.78, 5) is 22.2. The molecule has 1 aromatic heterocycles. The number of aromatic nitrogens is 2. The van der Waals surface area contributed by atoms with Crippen LogP contribution in [0.5, 0.6) is 0 Å². The molecule has 1 amide bonds. The number of carboxylic acid groups (broad SMARTS) is 1. The number of aryl methyl sites for hydroxylation is 1. The molecule has 0 fully saturated rings. The van der Waals surface area contributed by atoms with Crippen molar-refractivity contribution in [1.82, 2.24) is 15.5 Å². The molecule has 0 radical (unpaired) electrons. The third kappa shape index (κ3) is 3.83. The molecule has 0 bridgehead atoms. The van der Waals surface area contributed by atoms with Crippen LogP contribution in [0.25, 0.3) is 0 Å². The third-order valence-electron chi connectivity index (χ3n) is 2.00. The largest absolute Gasteiger partial charge is 0.480 e. The molecule has 3 N–H and O–H groups in total. The zero-order valence-electron chi connectivity index (χ0n) is 9.77. The Morgan fingerprint density at radius 3 is 2.53 bits per heavy atom. The first-order valence-electron chi connectivity index (χ1n) is 4.89. The monoisotopic (exact) mass is 242 g/mol. The number of carbonyl (C=O) groups excluding carboxylic acids is 1. The highest BCUT2D eigenvalue weighted by Gasteiger charge is 2.27. The van der Waals surface area contributed by atoms with Crippen LogP contribution in [0.15, 0.2) is 4.42 Å². The van der Waals surface area contributed by atoms with Gasteiger partial charge in [0.25, 0.3) is 0 Å². The second-order valence-corrected chi connectivity index (χ2v) is 3.96. The van der Waals surface area contributed by atoms with Crippen LogP contribution >= 0.6 is 0 Å². The first kappa shape index (κ1) is 13.1. The second-order valence-electron chi connectivity index (χ2n) is 3.96. The number of rotatable bonds is 5. The fraction of sp³-hybridized carbons (Fsp3) is 0.556. The molecule has 1 aromatic rings. The molecule has 17 heavy (non-hydrogen) atoms. The van der Waals surface area contributed by atoms with Gasteiger partial charge in [0.05, 0.1) is 6.54 Å². The highest BCUT2D eigenvalue weighted by atomic mass is 16.4. The fourth-order valence-electron chi connectivity index (χ4n) is 0.887. The summed E-state index contributed by atoms with van der Waals surface area (Å²) in [5, 5.41) is 20.8. The molecule has 0 aliphatic heterocycles. The van der Waals surface area contributed by atoms with Gasteiger partial charge in [-0.1, -0.05) is 5.10 Å². The number of hydrogen-bond acceptors (Lipinski definition) is 6. The molecule has 8 heteroatoms. The molecule has 1 rings (SSSR count). The van der Waals surface area contributed by atoms with Crippen molar-refractivity contribution in [2.24, 2.45) is 0 Å². The van der Waals surface area contributed by atoms with Gasteiger partial charge in [-0.05, 0) is 13.8 Å². The lowest BCUT2D eigenvalue weighted by atomic mass is 10.1. The minimum atomic E-state index is -1.18. The number of nitrogens with one attached hydrogen (secondary N) is 2. The number of amides is 1. The SMILES string of the molecule is Cc1nnc(NC(=O)CNC(C)(C)C(=O)O)o1. The summed E-state index contributed by atoms with van der Waals surface area (Å²) in [7, 11) is 0. The summed E-state index contributed by atoms with van der Waals surface area (Å²) in [6, 6.07) is -0.0116. The molecule has 0 saturated heterocycles. The Balaban J connectivity index is 2.43. The zero-order valence-corrected chi connectivity index (χ0v) is 9.77. The Bertz CT molecular complexity index is 426. The summed E-state index contributed by atoms with van der Waals surface area (Å²) in [5.74, 6) is -1.17. The molecular formula is C9H14N4O4. The van der Waals surface area contributed by atoms with E-state index in [0.29, 0.717) is 5.89 Å². The standard InChI is InChI=1S/C9H14N4O4/c1-5-12-13-8(17-5)11-6(14)4-10-9(2,3)7(15)16/h10H,4H2,1-3H3,(H,15,16)(H,11,13,14). The van der Waals surface area contributed by atoms with Crippen molar-refractivity contribution in [3.8, 4) is 0 Å². The van der Waals surface area contributed by atoms with E-state index < -0.39 is 17.4 Å². The summed E-state index contributed by atoms with van der Waals surface area (Å²) < 4.78 is 4.94. The van der Waals surface area contributed by atoms with Crippen molar-refractivity contribution >= 4 is 17.9 Å². The van der Waals surface area contributed by atoms with Gasteiger partial charge in [-0.3, -0.25) is 20.2 Å². The van der Waals surface area contributed by atoms with Crippen LogP contribution in [0.2, 0.25) is 0 Å². The van der Waals surface area contributed by atoms with Gasteiger partial charge >= 0.3 is 12.0 Å². The van der Waals surface area contributed by atoms with E-state index in [4.69, 9.17) is 9.52 Å². The third-order valence-corrected chi connectivity index (χ3v) is 2.00. The highest BCUT2D eigenvalue weighted by molar-refractivity contribution is 5.90. The summed E-state index contributed by atoms with van der Waals surface area (Å²) >= 11 is 0. The Morgan fingerprint density at radius 2 is 2.06 bits per heavy atom. The topological polar surface area (TPSA) is 117 Å². The molecule has 0 saturated carbocycles. The van der Waals surface area contributed by atoms with Crippen molar-refractivity contribution in [3.05, 3.63) is 5.89 Å². The first-order valence-corrected chi connectivity index (χ1v) is 4.89. The van der Waals surface area contributed by atoms with Crippen LogP contribution in [0, 0.1) is 6.92 Å². The zero-order chi connectivity index (χ0) is 13.1. The van der Waals surface area contributed by atoms with Crippen LogP contribution < -0.4 is 10.6 Å². The molecule has 1 heterocycles. The molecule has 0 spiro atoms. The van der Waals surface area contributed by atoms with Crippen LogP contribution in [-0.4, -0.2) is 39.3 Å². The molecular weight excluding hydrogens is 228 g/mol. The van der Waals surface area contributed by atoms with E-state index in [1.807, 2.05) is 0 Å². The molecule has 0 aliphatic carbocycles. The van der Waals surface area contributed by atoms with Crippen molar-refractivity contribution in [2.45, 2.75) is 26.3 Å². The number of nitrogens with zero attached hydrogens (tertiary/aromatic N) is 2. The van der Waals surface area contributed by atoms with Crippen LogP contribution in [0.4, 0.5) is 6.01 Å². The number of carboxylic acids is 1. The number of carbonyl (C=O) groups is 2. The Labute approximate surface area is 97.4 Å². The Hall–Kier alpha value is -1.96. The van der Waals surface area contributed by atoms with E-state index in [1.165, 1.54) is 13.8 Å². The quantitative estimate of drug-likeness (QED) is 0.652. The Kier molecular flexibility index (Phi) is 3.79. The van der Waals surface area contributed by atoms with E-state index in [9.17, 15) is 9.59 Å². The number of hydrogen-bond donors (Lipinski definition) is 3. The maximum atomic E-state index is 11.4. The van der Waals surface area contributed by atoms with Crippen LogP contribution in [0.1, 0.15) is 19.7 Å². The van der Waals surface area contributed by atoms with E-state index in [-0.39, 0.29) is 12.6 Å². The minimum absolute atomic E-state index is 0.0116.